The maximum atomic E-state index is 11.2. The molecule has 0 bridgehead atoms. The fraction of sp³-hybridized carbons (Fsp3) is 0.556. The SMILES string of the molecule is O=c1[nH]c(CN2CCCC2)c(Cl)c(=O)[nH]1. The van der Waals surface area contributed by atoms with E-state index in [4.69, 9.17) is 11.6 Å². The van der Waals surface area contributed by atoms with Gasteiger partial charge in [0.15, 0.2) is 0 Å². The molecular weight excluding hydrogens is 218 g/mol. The standard InChI is InChI=1S/C9H12ClN3O2/c10-7-6(5-13-3-1-2-4-13)11-9(15)12-8(7)14/h1-5H2,(H2,11,12,14,15). The van der Waals surface area contributed by atoms with Crippen molar-refractivity contribution in [2.75, 3.05) is 13.1 Å². The third kappa shape index (κ3) is 2.30. The van der Waals surface area contributed by atoms with Crippen LogP contribution in [0, 0.1) is 0 Å². The summed E-state index contributed by atoms with van der Waals surface area (Å²) in [7, 11) is 0. The molecule has 15 heavy (non-hydrogen) atoms. The van der Waals surface area contributed by atoms with Crippen LogP contribution in [-0.2, 0) is 6.54 Å². The molecule has 0 atom stereocenters. The monoisotopic (exact) mass is 229 g/mol. The first-order valence-corrected chi connectivity index (χ1v) is 5.28. The fourth-order valence-electron chi connectivity index (χ4n) is 1.79. The molecule has 0 unspecified atom stereocenters. The van der Waals surface area contributed by atoms with Crippen molar-refractivity contribution in [1.29, 1.82) is 0 Å². The summed E-state index contributed by atoms with van der Waals surface area (Å²) in [6, 6.07) is 0. The number of nitrogens with one attached hydrogen (secondary N) is 2. The molecule has 0 saturated carbocycles. The highest BCUT2D eigenvalue weighted by atomic mass is 35.5. The summed E-state index contributed by atoms with van der Waals surface area (Å²) in [6.07, 6.45) is 2.32. The number of aromatic amines is 2. The lowest BCUT2D eigenvalue weighted by molar-refractivity contribution is 0.326. The van der Waals surface area contributed by atoms with Gasteiger partial charge in [0.05, 0.1) is 5.69 Å². The largest absolute Gasteiger partial charge is 0.326 e. The van der Waals surface area contributed by atoms with Gasteiger partial charge in [-0.05, 0) is 25.9 Å². The second-order valence-corrected chi connectivity index (χ2v) is 4.06. The average molecular weight is 230 g/mol. The number of likely N-dealkylation sites (tertiary alicyclic amines) is 1. The molecule has 6 heteroatoms. The van der Waals surface area contributed by atoms with E-state index >= 15 is 0 Å². The van der Waals surface area contributed by atoms with Crippen LogP contribution in [-0.4, -0.2) is 28.0 Å². The maximum absolute atomic E-state index is 11.2. The zero-order valence-corrected chi connectivity index (χ0v) is 8.93. The first-order chi connectivity index (χ1) is 7.16. The summed E-state index contributed by atoms with van der Waals surface area (Å²) in [5.41, 5.74) is -0.513. The first kappa shape index (κ1) is 10.4. The van der Waals surface area contributed by atoms with Gasteiger partial charge in [-0.3, -0.25) is 14.7 Å². The van der Waals surface area contributed by atoms with E-state index in [0.717, 1.165) is 25.9 Å². The van der Waals surface area contributed by atoms with Crippen LogP contribution in [0.5, 0.6) is 0 Å². The summed E-state index contributed by atoms with van der Waals surface area (Å²) in [5, 5.41) is 0.0847. The van der Waals surface area contributed by atoms with Gasteiger partial charge in [-0.25, -0.2) is 4.79 Å². The molecule has 2 rings (SSSR count). The van der Waals surface area contributed by atoms with E-state index in [1.807, 2.05) is 0 Å². The predicted octanol–water partition coefficient (Wildman–Crippen LogP) is 0.312. The van der Waals surface area contributed by atoms with E-state index in [0.29, 0.717) is 12.2 Å². The van der Waals surface area contributed by atoms with E-state index in [2.05, 4.69) is 14.9 Å². The van der Waals surface area contributed by atoms with Crippen molar-refractivity contribution in [2.45, 2.75) is 19.4 Å². The highest BCUT2D eigenvalue weighted by Crippen LogP contribution is 2.13. The lowest BCUT2D eigenvalue weighted by Crippen LogP contribution is -2.28. The van der Waals surface area contributed by atoms with E-state index in [1.165, 1.54) is 0 Å². The minimum atomic E-state index is -0.519. The Morgan fingerprint density at radius 3 is 2.53 bits per heavy atom. The van der Waals surface area contributed by atoms with E-state index in [9.17, 15) is 9.59 Å². The lowest BCUT2D eigenvalue weighted by atomic mass is 10.3. The third-order valence-corrected chi connectivity index (χ3v) is 2.94. The molecule has 1 saturated heterocycles. The molecule has 0 aromatic carbocycles. The topological polar surface area (TPSA) is 69.0 Å². The van der Waals surface area contributed by atoms with Gasteiger partial charge < -0.3 is 4.98 Å². The molecule has 0 spiro atoms. The number of H-pyrrole nitrogens is 2. The molecule has 1 aliphatic heterocycles. The number of hydrogen-bond donors (Lipinski definition) is 2. The van der Waals surface area contributed by atoms with Gasteiger partial charge in [0, 0.05) is 6.54 Å². The Morgan fingerprint density at radius 2 is 1.87 bits per heavy atom. The molecule has 2 heterocycles. The molecule has 0 aliphatic carbocycles. The van der Waals surface area contributed by atoms with Crippen LogP contribution in [0.2, 0.25) is 5.02 Å². The summed E-state index contributed by atoms with van der Waals surface area (Å²) in [4.78, 5) is 29.1. The minimum absolute atomic E-state index is 0.0847. The van der Waals surface area contributed by atoms with Crippen LogP contribution in [0.4, 0.5) is 0 Å². The number of aromatic nitrogens is 2. The lowest BCUT2D eigenvalue weighted by Gasteiger charge is -2.14. The molecular formula is C9H12ClN3O2. The summed E-state index contributed by atoms with van der Waals surface area (Å²) < 4.78 is 0. The maximum Gasteiger partial charge on any atom is 0.326 e. The van der Waals surface area contributed by atoms with Crippen molar-refractivity contribution in [3.63, 3.8) is 0 Å². The molecule has 1 fully saturated rings. The van der Waals surface area contributed by atoms with E-state index in [1.54, 1.807) is 0 Å². The molecule has 1 aromatic rings. The summed E-state index contributed by atoms with van der Waals surface area (Å²) in [6.45, 7) is 2.52. The Balaban J connectivity index is 2.27. The average Bonchev–Trinajstić information content (AvgIpc) is 2.66. The Morgan fingerprint density at radius 1 is 1.20 bits per heavy atom. The van der Waals surface area contributed by atoms with Gasteiger partial charge >= 0.3 is 5.69 Å². The van der Waals surface area contributed by atoms with Crippen molar-refractivity contribution >= 4 is 11.6 Å². The number of halogens is 1. The molecule has 1 aromatic heterocycles. The Kier molecular flexibility index (Phi) is 2.93. The highest BCUT2D eigenvalue weighted by molar-refractivity contribution is 6.30. The van der Waals surface area contributed by atoms with Crippen LogP contribution < -0.4 is 11.2 Å². The zero-order chi connectivity index (χ0) is 10.8. The zero-order valence-electron chi connectivity index (χ0n) is 8.18. The first-order valence-electron chi connectivity index (χ1n) is 4.90. The van der Waals surface area contributed by atoms with Gasteiger partial charge in [0.1, 0.15) is 5.02 Å². The highest BCUT2D eigenvalue weighted by Gasteiger charge is 2.15. The molecule has 5 nitrogen and oxygen atoms in total. The Bertz CT molecular complexity index is 459. The van der Waals surface area contributed by atoms with Gasteiger partial charge in [0.2, 0.25) is 0 Å². The summed E-state index contributed by atoms with van der Waals surface area (Å²) >= 11 is 5.80. The van der Waals surface area contributed by atoms with E-state index in [-0.39, 0.29) is 5.02 Å². The second-order valence-electron chi connectivity index (χ2n) is 3.68. The molecule has 82 valence electrons. The van der Waals surface area contributed by atoms with Crippen molar-refractivity contribution in [3.05, 3.63) is 31.6 Å². The van der Waals surface area contributed by atoms with Crippen LogP contribution in [0.3, 0.4) is 0 Å². The third-order valence-electron chi connectivity index (χ3n) is 2.54. The number of rotatable bonds is 2. The van der Waals surface area contributed by atoms with Crippen LogP contribution in [0.25, 0.3) is 0 Å². The quantitative estimate of drug-likeness (QED) is 0.767. The van der Waals surface area contributed by atoms with Crippen LogP contribution >= 0.6 is 11.6 Å². The van der Waals surface area contributed by atoms with Crippen LogP contribution in [0.1, 0.15) is 18.5 Å². The fourth-order valence-corrected chi connectivity index (χ4v) is 1.95. The number of nitrogens with zero attached hydrogens (tertiary/aromatic N) is 1. The summed E-state index contributed by atoms with van der Waals surface area (Å²) in [5.74, 6) is 0. The van der Waals surface area contributed by atoms with Gasteiger partial charge in [0.25, 0.3) is 5.56 Å². The minimum Gasteiger partial charge on any atom is -0.308 e. The van der Waals surface area contributed by atoms with Crippen molar-refractivity contribution in [3.8, 4) is 0 Å². The van der Waals surface area contributed by atoms with Crippen LogP contribution in [0.15, 0.2) is 9.59 Å². The molecule has 1 aliphatic rings. The predicted molar refractivity (Wildman–Crippen MR) is 57.2 cm³/mol. The Hall–Kier alpha value is -1.07. The smallest absolute Gasteiger partial charge is 0.308 e. The van der Waals surface area contributed by atoms with Gasteiger partial charge in [-0.2, -0.15) is 0 Å². The van der Waals surface area contributed by atoms with Gasteiger partial charge in [-0.1, -0.05) is 11.6 Å². The molecule has 0 amide bonds. The van der Waals surface area contributed by atoms with Gasteiger partial charge in [-0.15, -0.1) is 0 Å². The van der Waals surface area contributed by atoms with Crippen molar-refractivity contribution in [2.24, 2.45) is 0 Å². The number of hydrogen-bond acceptors (Lipinski definition) is 3. The van der Waals surface area contributed by atoms with Crippen molar-refractivity contribution < 1.29 is 0 Å². The normalized spacial score (nSPS) is 17.1. The van der Waals surface area contributed by atoms with Crippen molar-refractivity contribution in [1.82, 2.24) is 14.9 Å². The Labute approximate surface area is 91.1 Å². The van der Waals surface area contributed by atoms with E-state index < -0.39 is 11.2 Å². The molecule has 2 N–H and O–H groups in total. The second kappa shape index (κ2) is 4.20. The molecule has 0 radical (unpaired) electrons.